The Balaban J connectivity index is 1.46. The molecule has 0 spiro atoms. The summed E-state index contributed by atoms with van der Waals surface area (Å²) in [6.45, 7) is 6.59. The van der Waals surface area contributed by atoms with Gasteiger partial charge in [0.2, 0.25) is 0 Å². The lowest BCUT2D eigenvalue weighted by Crippen LogP contribution is -2.38. The van der Waals surface area contributed by atoms with E-state index in [0.29, 0.717) is 18.8 Å². The Morgan fingerprint density at radius 1 is 1.03 bits per heavy atom. The van der Waals surface area contributed by atoms with E-state index in [4.69, 9.17) is 14.2 Å². The number of morpholine rings is 1. The molecule has 1 fully saturated rings. The molecule has 6 nitrogen and oxygen atoms in total. The second-order valence-electron chi connectivity index (χ2n) is 8.06. The van der Waals surface area contributed by atoms with Crippen LogP contribution in [0.1, 0.15) is 18.1 Å². The van der Waals surface area contributed by atoms with E-state index in [-0.39, 0.29) is 18.1 Å². The Hall–Kier alpha value is -3.09. The van der Waals surface area contributed by atoms with Crippen LogP contribution in [0.3, 0.4) is 0 Å². The lowest BCUT2D eigenvalue weighted by Gasteiger charge is -2.26. The van der Waals surface area contributed by atoms with E-state index in [9.17, 15) is 9.90 Å². The standard InChI is InChI=1S/C26H29NO5/c1-19(28)18-32-26-9-4-21-17-22(29)5-8-24(21)25(26)16-20-2-6-23(7-3-20)31-15-12-27-10-13-30-14-11-27/h2-9,17,29H,10-16,18H2,1H3. The van der Waals surface area contributed by atoms with Crippen LogP contribution in [0.5, 0.6) is 17.2 Å². The molecular formula is C26H29NO5. The first-order chi connectivity index (χ1) is 15.6. The first kappa shape index (κ1) is 22.1. The van der Waals surface area contributed by atoms with Gasteiger partial charge in [-0.3, -0.25) is 9.69 Å². The zero-order chi connectivity index (χ0) is 22.3. The number of aromatic hydroxyl groups is 1. The molecule has 32 heavy (non-hydrogen) atoms. The average Bonchev–Trinajstić information content (AvgIpc) is 2.80. The van der Waals surface area contributed by atoms with Crippen LogP contribution in [0.4, 0.5) is 0 Å². The summed E-state index contributed by atoms with van der Waals surface area (Å²) in [5, 5.41) is 11.8. The van der Waals surface area contributed by atoms with Gasteiger partial charge in [-0.1, -0.05) is 24.3 Å². The molecular weight excluding hydrogens is 406 g/mol. The van der Waals surface area contributed by atoms with Crippen LogP contribution in [-0.4, -0.2) is 61.9 Å². The van der Waals surface area contributed by atoms with Gasteiger partial charge in [0.1, 0.15) is 30.5 Å². The number of phenols is 1. The molecule has 0 atom stereocenters. The molecule has 168 valence electrons. The topological polar surface area (TPSA) is 68.2 Å². The lowest BCUT2D eigenvalue weighted by atomic mass is 9.97. The molecule has 1 saturated heterocycles. The molecule has 0 amide bonds. The number of hydrogen-bond donors (Lipinski definition) is 1. The van der Waals surface area contributed by atoms with E-state index in [1.165, 1.54) is 6.92 Å². The summed E-state index contributed by atoms with van der Waals surface area (Å²) in [6, 6.07) is 17.1. The minimum Gasteiger partial charge on any atom is -0.508 e. The number of benzene rings is 3. The largest absolute Gasteiger partial charge is 0.508 e. The lowest BCUT2D eigenvalue weighted by molar-refractivity contribution is -0.118. The van der Waals surface area contributed by atoms with Gasteiger partial charge in [0.05, 0.1) is 13.2 Å². The molecule has 4 rings (SSSR count). The Morgan fingerprint density at radius 3 is 2.56 bits per heavy atom. The predicted octanol–water partition coefficient (Wildman–Crippen LogP) is 3.82. The number of nitrogens with zero attached hydrogens (tertiary/aromatic N) is 1. The second-order valence-corrected chi connectivity index (χ2v) is 8.06. The summed E-state index contributed by atoms with van der Waals surface area (Å²) in [4.78, 5) is 13.8. The van der Waals surface area contributed by atoms with Gasteiger partial charge in [0, 0.05) is 31.6 Å². The Kier molecular flexibility index (Phi) is 7.24. The van der Waals surface area contributed by atoms with Crippen LogP contribution in [-0.2, 0) is 16.0 Å². The van der Waals surface area contributed by atoms with E-state index in [1.807, 2.05) is 30.3 Å². The van der Waals surface area contributed by atoms with E-state index in [0.717, 1.165) is 60.5 Å². The van der Waals surface area contributed by atoms with Crippen molar-refractivity contribution >= 4 is 16.6 Å². The number of rotatable bonds is 9. The van der Waals surface area contributed by atoms with Crippen LogP contribution in [0, 0.1) is 0 Å². The van der Waals surface area contributed by atoms with Gasteiger partial charge in [-0.05, 0) is 53.6 Å². The third kappa shape index (κ3) is 5.78. The molecule has 6 heteroatoms. The van der Waals surface area contributed by atoms with Crippen LogP contribution in [0.15, 0.2) is 54.6 Å². The van der Waals surface area contributed by atoms with E-state index in [2.05, 4.69) is 17.0 Å². The number of phenolic OH excluding ortho intramolecular Hbond substituents is 1. The second kappa shape index (κ2) is 10.5. The Bertz CT molecular complexity index is 1060. The fourth-order valence-electron chi connectivity index (χ4n) is 3.88. The summed E-state index contributed by atoms with van der Waals surface area (Å²) < 4.78 is 17.1. The van der Waals surface area contributed by atoms with Crippen molar-refractivity contribution in [2.75, 3.05) is 46.1 Å². The van der Waals surface area contributed by atoms with Crippen molar-refractivity contribution in [2.24, 2.45) is 0 Å². The van der Waals surface area contributed by atoms with Gasteiger partial charge < -0.3 is 19.3 Å². The highest BCUT2D eigenvalue weighted by Crippen LogP contribution is 2.32. The third-order valence-corrected chi connectivity index (χ3v) is 5.59. The highest BCUT2D eigenvalue weighted by atomic mass is 16.5. The molecule has 1 heterocycles. The van der Waals surface area contributed by atoms with Gasteiger partial charge in [0.15, 0.2) is 5.78 Å². The summed E-state index contributed by atoms with van der Waals surface area (Å²) >= 11 is 0. The van der Waals surface area contributed by atoms with Crippen molar-refractivity contribution in [3.63, 3.8) is 0 Å². The molecule has 3 aromatic carbocycles. The van der Waals surface area contributed by atoms with Gasteiger partial charge in [-0.15, -0.1) is 0 Å². The molecule has 1 aliphatic rings. The highest BCUT2D eigenvalue weighted by molar-refractivity contribution is 5.89. The summed E-state index contributed by atoms with van der Waals surface area (Å²) in [6.07, 6.45) is 0.642. The van der Waals surface area contributed by atoms with Gasteiger partial charge >= 0.3 is 0 Å². The van der Waals surface area contributed by atoms with Gasteiger partial charge in [-0.2, -0.15) is 0 Å². The molecule has 0 radical (unpaired) electrons. The minimum absolute atomic E-state index is 0.0275. The predicted molar refractivity (Wildman–Crippen MR) is 124 cm³/mol. The van der Waals surface area contributed by atoms with Crippen molar-refractivity contribution in [1.29, 1.82) is 0 Å². The zero-order valence-electron chi connectivity index (χ0n) is 18.4. The number of ketones is 1. The van der Waals surface area contributed by atoms with Crippen LogP contribution in [0.2, 0.25) is 0 Å². The minimum atomic E-state index is -0.0275. The maximum atomic E-state index is 11.4. The van der Waals surface area contributed by atoms with Crippen LogP contribution in [0.25, 0.3) is 10.8 Å². The number of carbonyl (C=O) groups excluding carboxylic acids is 1. The SMILES string of the molecule is CC(=O)COc1ccc2cc(O)ccc2c1Cc1ccc(OCCN2CCOCC2)cc1. The maximum Gasteiger partial charge on any atom is 0.167 e. The maximum absolute atomic E-state index is 11.4. The number of hydrogen-bond acceptors (Lipinski definition) is 6. The fraction of sp³-hybridized carbons (Fsp3) is 0.346. The average molecular weight is 436 g/mol. The molecule has 1 aliphatic heterocycles. The Labute approximate surface area is 188 Å². The monoisotopic (exact) mass is 435 g/mol. The van der Waals surface area contributed by atoms with E-state index in [1.54, 1.807) is 12.1 Å². The normalized spacial score (nSPS) is 14.4. The van der Waals surface area contributed by atoms with Crippen molar-refractivity contribution in [3.05, 3.63) is 65.7 Å². The van der Waals surface area contributed by atoms with Crippen LogP contribution < -0.4 is 9.47 Å². The molecule has 0 aromatic heterocycles. The third-order valence-electron chi connectivity index (χ3n) is 5.59. The summed E-state index contributed by atoms with van der Waals surface area (Å²) in [5.41, 5.74) is 2.10. The van der Waals surface area contributed by atoms with Crippen molar-refractivity contribution in [3.8, 4) is 17.2 Å². The fourth-order valence-corrected chi connectivity index (χ4v) is 3.88. The molecule has 0 aliphatic carbocycles. The quantitative estimate of drug-likeness (QED) is 0.551. The first-order valence-corrected chi connectivity index (χ1v) is 11.0. The summed E-state index contributed by atoms with van der Waals surface area (Å²) in [5.74, 6) is 1.72. The van der Waals surface area contributed by atoms with Crippen LogP contribution >= 0.6 is 0 Å². The number of ether oxygens (including phenoxy) is 3. The highest BCUT2D eigenvalue weighted by Gasteiger charge is 2.13. The smallest absolute Gasteiger partial charge is 0.167 e. The number of Topliss-reactive ketones (excluding diaryl/α,β-unsaturated/α-hetero) is 1. The van der Waals surface area contributed by atoms with Crippen molar-refractivity contribution < 1.29 is 24.1 Å². The van der Waals surface area contributed by atoms with Crippen molar-refractivity contribution in [2.45, 2.75) is 13.3 Å². The molecule has 0 unspecified atom stereocenters. The number of carbonyl (C=O) groups is 1. The Morgan fingerprint density at radius 2 is 1.81 bits per heavy atom. The number of fused-ring (bicyclic) bond motifs is 1. The first-order valence-electron chi connectivity index (χ1n) is 11.0. The van der Waals surface area contributed by atoms with Gasteiger partial charge in [-0.25, -0.2) is 0 Å². The van der Waals surface area contributed by atoms with E-state index >= 15 is 0 Å². The van der Waals surface area contributed by atoms with Crippen molar-refractivity contribution in [1.82, 2.24) is 4.90 Å². The summed E-state index contributed by atoms with van der Waals surface area (Å²) in [7, 11) is 0. The molecule has 1 N–H and O–H groups in total. The molecule has 3 aromatic rings. The zero-order valence-corrected chi connectivity index (χ0v) is 18.4. The van der Waals surface area contributed by atoms with Gasteiger partial charge in [0.25, 0.3) is 0 Å². The molecule has 0 saturated carbocycles. The van der Waals surface area contributed by atoms with E-state index < -0.39 is 0 Å². The molecule has 0 bridgehead atoms.